The van der Waals surface area contributed by atoms with Gasteiger partial charge in [-0.05, 0) is 36.4 Å². The predicted octanol–water partition coefficient (Wildman–Crippen LogP) is 4.31. The molecule has 1 amide bonds. The molecule has 30 heavy (non-hydrogen) atoms. The SMILES string of the molecule is CC1CCCN(Cc2ccc(CNC(=O)c3cnc(-c4ccccc4)nc3)cc2)C1. The Morgan fingerprint density at radius 3 is 2.43 bits per heavy atom. The molecule has 1 aliphatic rings. The van der Waals surface area contributed by atoms with Crippen molar-refractivity contribution in [3.8, 4) is 11.4 Å². The molecule has 5 heteroatoms. The Balaban J connectivity index is 1.29. The van der Waals surface area contributed by atoms with Crippen LogP contribution in [0.4, 0.5) is 0 Å². The van der Waals surface area contributed by atoms with E-state index < -0.39 is 0 Å². The van der Waals surface area contributed by atoms with Gasteiger partial charge in [0.2, 0.25) is 0 Å². The number of benzene rings is 2. The summed E-state index contributed by atoms with van der Waals surface area (Å²) < 4.78 is 0. The number of rotatable bonds is 6. The largest absolute Gasteiger partial charge is 0.348 e. The van der Waals surface area contributed by atoms with Crippen molar-refractivity contribution < 1.29 is 4.79 Å². The molecule has 2 heterocycles. The number of hydrogen-bond donors (Lipinski definition) is 1. The van der Waals surface area contributed by atoms with Gasteiger partial charge in [-0.1, -0.05) is 61.5 Å². The lowest BCUT2D eigenvalue weighted by Gasteiger charge is -2.30. The Morgan fingerprint density at radius 1 is 1.03 bits per heavy atom. The van der Waals surface area contributed by atoms with Gasteiger partial charge in [0.1, 0.15) is 0 Å². The predicted molar refractivity (Wildman–Crippen MR) is 119 cm³/mol. The molecule has 154 valence electrons. The van der Waals surface area contributed by atoms with E-state index in [1.807, 2.05) is 30.3 Å². The number of carbonyl (C=O) groups is 1. The van der Waals surface area contributed by atoms with E-state index in [2.05, 4.69) is 51.4 Å². The van der Waals surface area contributed by atoms with E-state index in [1.165, 1.54) is 31.5 Å². The summed E-state index contributed by atoms with van der Waals surface area (Å²) in [6, 6.07) is 18.3. The molecule has 2 aromatic carbocycles. The van der Waals surface area contributed by atoms with Crippen LogP contribution in [0, 0.1) is 5.92 Å². The molecule has 4 rings (SSSR count). The molecular formula is C25H28N4O. The maximum Gasteiger partial charge on any atom is 0.254 e. The molecule has 3 aromatic rings. The molecule has 1 saturated heterocycles. The monoisotopic (exact) mass is 400 g/mol. The molecule has 0 aliphatic carbocycles. The van der Waals surface area contributed by atoms with Crippen LogP contribution in [0.2, 0.25) is 0 Å². The summed E-state index contributed by atoms with van der Waals surface area (Å²) in [5.74, 6) is 1.24. The molecule has 1 aromatic heterocycles. The number of piperidine rings is 1. The van der Waals surface area contributed by atoms with Gasteiger partial charge in [0.15, 0.2) is 5.82 Å². The van der Waals surface area contributed by atoms with Gasteiger partial charge in [-0.15, -0.1) is 0 Å². The highest BCUT2D eigenvalue weighted by atomic mass is 16.1. The summed E-state index contributed by atoms with van der Waals surface area (Å²) in [6.45, 7) is 6.19. The van der Waals surface area contributed by atoms with E-state index >= 15 is 0 Å². The van der Waals surface area contributed by atoms with Crippen molar-refractivity contribution in [1.82, 2.24) is 20.2 Å². The average molecular weight is 401 g/mol. The third kappa shape index (κ3) is 5.30. The van der Waals surface area contributed by atoms with Crippen molar-refractivity contribution in [3.63, 3.8) is 0 Å². The third-order valence-electron chi connectivity index (χ3n) is 5.57. The normalized spacial score (nSPS) is 16.9. The van der Waals surface area contributed by atoms with Crippen LogP contribution in [0.3, 0.4) is 0 Å². The van der Waals surface area contributed by atoms with Crippen molar-refractivity contribution >= 4 is 5.91 Å². The van der Waals surface area contributed by atoms with Crippen LogP contribution >= 0.6 is 0 Å². The van der Waals surface area contributed by atoms with Crippen molar-refractivity contribution in [2.24, 2.45) is 5.92 Å². The van der Waals surface area contributed by atoms with E-state index in [1.54, 1.807) is 12.4 Å². The van der Waals surface area contributed by atoms with Crippen LogP contribution in [0.1, 0.15) is 41.3 Å². The third-order valence-corrected chi connectivity index (χ3v) is 5.57. The second kappa shape index (κ2) is 9.63. The molecule has 1 fully saturated rings. The van der Waals surface area contributed by atoms with E-state index in [0.29, 0.717) is 17.9 Å². The van der Waals surface area contributed by atoms with E-state index in [-0.39, 0.29) is 5.91 Å². The van der Waals surface area contributed by atoms with Gasteiger partial charge in [-0.25, -0.2) is 9.97 Å². The molecular weight excluding hydrogens is 372 g/mol. The fourth-order valence-corrected chi connectivity index (χ4v) is 3.92. The molecule has 5 nitrogen and oxygen atoms in total. The highest BCUT2D eigenvalue weighted by molar-refractivity contribution is 5.93. The first-order valence-corrected chi connectivity index (χ1v) is 10.6. The summed E-state index contributed by atoms with van der Waals surface area (Å²) >= 11 is 0. The summed E-state index contributed by atoms with van der Waals surface area (Å²) in [5, 5.41) is 2.95. The molecule has 1 unspecified atom stereocenters. The van der Waals surface area contributed by atoms with Gasteiger partial charge in [0, 0.05) is 37.6 Å². The highest BCUT2D eigenvalue weighted by Gasteiger charge is 2.16. The first-order valence-electron chi connectivity index (χ1n) is 10.6. The van der Waals surface area contributed by atoms with Gasteiger partial charge in [-0.3, -0.25) is 9.69 Å². The molecule has 0 bridgehead atoms. The fourth-order valence-electron chi connectivity index (χ4n) is 3.92. The first-order chi connectivity index (χ1) is 14.7. The zero-order valence-corrected chi connectivity index (χ0v) is 17.4. The van der Waals surface area contributed by atoms with Crippen LogP contribution < -0.4 is 5.32 Å². The minimum Gasteiger partial charge on any atom is -0.348 e. The van der Waals surface area contributed by atoms with Crippen molar-refractivity contribution in [1.29, 1.82) is 0 Å². The lowest BCUT2D eigenvalue weighted by atomic mass is 9.99. The number of amides is 1. The number of aromatic nitrogens is 2. The zero-order valence-electron chi connectivity index (χ0n) is 17.4. The number of carbonyl (C=O) groups excluding carboxylic acids is 1. The zero-order chi connectivity index (χ0) is 20.8. The number of likely N-dealkylation sites (tertiary alicyclic amines) is 1. The first kappa shape index (κ1) is 20.2. The summed E-state index contributed by atoms with van der Waals surface area (Å²) in [4.78, 5) is 23.6. The molecule has 0 spiro atoms. The van der Waals surface area contributed by atoms with Gasteiger partial charge in [-0.2, -0.15) is 0 Å². The number of hydrogen-bond acceptors (Lipinski definition) is 4. The maximum absolute atomic E-state index is 12.4. The van der Waals surface area contributed by atoms with Crippen molar-refractivity contribution in [2.45, 2.75) is 32.9 Å². The smallest absolute Gasteiger partial charge is 0.254 e. The number of nitrogens with zero attached hydrogens (tertiary/aromatic N) is 3. The van der Waals surface area contributed by atoms with E-state index in [4.69, 9.17) is 0 Å². The van der Waals surface area contributed by atoms with Crippen LogP contribution in [0.5, 0.6) is 0 Å². The quantitative estimate of drug-likeness (QED) is 0.670. The lowest BCUT2D eigenvalue weighted by Crippen LogP contribution is -2.33. The Labute approximate surface area is 178 Å². The Kier molecular flexibility index (Phi) is 6.50. The number of nitrogens with one attached hydrogen (secondary N) is 1. The topological polar surface area (TPSA) is 58.1 Å². The molecule has 0 radical (unpaired) electrons. The summed E-state index contributed by atoms with van der Waals surface area (Å²) in [5.41, 5.74) is 3.80. The summed E-state index contributed by atoms with van der Waals surface area (Å²) in [7, 11) is 0. The second-order valence-corrected chi connectivity index (χ2v) is 8.14. The Bertz CT molecular complexity index is 955. The van der Waals surface area contributed by atoms with Crippen molar-refractivity contribution in [2.75, 3.05) is 13.1 Å². The summed E-state index contributed by atoms with van der Waals surface area (Å²) in [6.07, 6.45) is 5.79. The molecule has 1 N–H and O–H groups in total. The Morgan fingerprint density at radius 2 is 1.73 bits per heavy atom. The molecule has 1 atom stereocenters. The van der Waals surface area contributed by atoms with Gasteiger partial charge in [0.25, 0.3) is 5.91 Å². The standard InChI is InChI=1S/C25H28N4O/c1-19-6-5-13-29(17-19)18-21-11-9-20(10-12-21)14-28-25(30)23-15-26-24(27-16-23)22-7-3-2-4-8-22/h2-4,7-12,15-16,19H,5-6,13-14,17-18H2,1H3,(H,28,30). The fraction of sp³-hybridized carbons (Fsp3) is 0.320. The maximum atomic E-state index is 12.4. The van der Waals surface area contributed by atoms with Crippen LogP contribution in [0.25, 0.3) is 11.4 Å². The van der Waals surface area contributed by atoms with Crippen LogP contribution in [-0.4, -0.2) is 33.9 Å². The minimum absolute atomic E-state index is 0.166. The van der Waals surface area contributed by atoms with E-state index in [9.17, 15) is 4.79 Å². The van der Waals surface area contributed by atoms with Gasteiger partial charge < -0.3 is 5.32 Å². The highest BCUT2D eigenvalue weighted by Crippen LogP contribution is 2.18. The van der Waals surface area contributed by atoms with Gasteiger partial charge in [0.05, 0.1) is 5.56 Å². The molecule has 0 saturated carbocycles. The minimum atomic E-state index is -0.166. The van der Waals surface area contributed by atoms with Crippen molar-refractivity contribution in [3.05, 3.63) is 83.7 Å². The van der Waals surface area contributed by atoms with Gasteiger partial charge >= 0.3 is 0 Å². The molecule has 1 aliphatic heterocycles. The second-order valence-electron chi connectivity index (χ2n) is 8.14. The van der Waals surface area contributed by atoms with Crippen LogP contribution in [0.15, 0.2) is 67.0 Å². The van der Waals surface area contributed by atoms with Crippen LogP contribution in [-0.2, 0) is 13.1 Å². The Hall–Kier alpha value is -3.05. The average Bonchev–Trinajstić information content (AvgIpc) is 2.79. The lowest BCUT2D eigenvalue weighted by molar-refractivity contribution is 0.0950. The van der Waals surface area contributed by atoms with E-state index in [0.717, 1.165) is 23.6 Å².